The number of rotatable bonds is 18. The van der Waals surface area contributed by atoms with Crippen LogP contribution in [0.2, 0.25) is 0 Å². The van der Waals surface area contributed by atoms with Crippen molar-refractivity contribution in [2.24, 2.45) is 21.7 Å². The molecular weight excluding hydrogens is 965 g/mol. The van der Waals surface area contributed by atoms with Gasteiger partial charge >= 0.3 is 23.9 Å². The highest BCUT2D eigenvalue weighted by Gasteiger charge is 2.31. The lowest BCUT2D eigenvalue weighted by atomic mass is 9.83. The zero-order chi connectivity index (χ0) is 57.7. The number of carbonyl (C=O) groups excluding carboxylic acids is 6. The van der Waals surface area contributed by atoms with E-state index in [1.807, 2.05) is 46.8 Å². The average molecular weight is 1050 g/mol. The van der Waals surface area contributed by atoms with E-state index in [0.29, 0.717) is 68.9 Å². The number of ether oxygens (including phenoxy) is 7. The second kappa shape index (κ2) is 26.0. The molecule has 4 aromatic rings. The van der Waals surface area contributed by atoms with Gasteiger partial charge in [-0.3, -0.25) is 28.8 Å². The van der Waals surface area contributed by atoms with Crippen LogP contribution in [0.3, 0.4) is 0 Å². The molecule has 0 fully saturated rings. The van der Waals surface area contributed by atoms with Crippen molar-refractivity contribution in [1.82, 2.24) is 0 Å². The molecule has 0 saturated heterocycles. The molecule has 4 rings (SSSR count). The fourth-order valence-electron chi connectivity index (χ4n) is 6.46. The third-order valence-corrected chi connectivity index (χ3v) is 11.3. The molecule has 0 atom stereocenters. The topological polar surface area (TPSA) is 167 Å². The maximum atomic E-state index is 13.0. The Bertz CT molecular complexity index is 2800. The molecule has 0 aliphatic heterocycles. The van der Waals surface area contributed by atoms with Crippen molar-refractivity contribution in [3.05, 3.63) is 125 Å². The van der Waals surface area contributed by atoms with Crippen LogP contribution in [-0.4, -0.2) is 55.8 Å². The molecule has 0 heterocycles. The lowest BCUT2D eigenvalue weighted by Crippen LogP contribution is -2.27. The summed E-state index contributed by atoms with van der Waals surface area (Å²) in [4.78, 5) is 75.4. The van der Waals surface area contributed by atoms with Gasteiger partial charge in [0.25, 0.3) is 0 Å². The normalized spacial score (nSPS) is 12.1. The summed E-state index contributed by atoms with van der Waals surface area (Å²) in [6.45, 7) is 35.1. The molecule has 0 aliphatic rings. The summed E-state index contributed by atoms with van der Waals surface area (Å²) in [6, 6.07) is 18.2. The molecule has 13 nitrogen and oxygen atoms in total. The molecule has 0 unspecified atom stereocenters. The summed E-state index contributed by atoms with van der Waals surface area (Å²) in [5, 5.41) is 0. The van der Waals surface area contributed by atoms with Gasteiger partial charge in [-0.1, -0.05) is 33.3 Å². The SMILES string of the molecule is C=CC(C)(C)c1cc(C=CC(=O)c2ccc(OC(=O)C(C)(C)C)cc2)c(OC(C)C)cc1OC(=O)C(C)(C)C.CCCc1cc(C=CC(=O)c2ccc(OC(=O)C(C)(C)C)cc2)c(OC)c(OC)c1OC(=O)C(C)(C)C. The molecule has 0 bridgehead atoms. The second-order valence-electron chi connectivity index (χ2n) is 23.3. The fraction of sp³-hybridized carbons (Fsp3) is 0.429. The predicted molar refractivity (Wildman–Crippen MR) is 299 cm³/mol. The van der Waals surface area contributed by atoms with Gasteiger partial charge in [-0.05, 0) is 194 Å². The molecule has 410 valence electrons. The summed E-state index contributed by atoms with van der Waals surface area (Å²) in [5.74, 6) is 0.660. The van der Waals surface area contributed by atoms with Crippen LogP contribution < -0.4 is 33.2 Å². The molecule has 0 N–H and O–H groups in total. The van der Waals surface area contributed by atoms with E-state index in [1.54, 1.807) is 156 Å². The highest BCUT2D eigenvalue weighted by molar-refractivity contribution is 6.08. The molecular formula is C63H80O13. The van der Waals surface area contributed by atoms with Gasteiger partial charge in [0.1, 0.15) is 23.0 Å². The highest BCUT2D eigenvalue weighted by Crippen LogP contribution is 2.45. The Morgan fingerprint density at radius 2 is 0.921 bits per heavy atom. The largest absolute Gasteiger partial charge is 0.492 e. The number of ketones is 2. The van der Waals surface area contributed by atoms with Crippen LogP contribution in [0.1, 0.15) is 167 Å². The van der Waals surface area contributed by atoms with Gasteiger partial charge in [0.15, 0.2) is 23.1 Å². The van der Waals surface area contributed by atoms with E-state index < -0.39 is 27.1 Å². The Morgan fingerprint density at radius 3 is 1.30 bits per heavy atom. The molecule has 0 aliphatic carbocycles. The molecule has 0 aromatic heterocycles. The highest BCUT2D eigenvalue weighted by atomic mass is 16.6. The Labute approximate surface area is 451 Å². The molecule has 13 heteroatoms. The van der Waals surface area contributed by atoms with E-state index in [2.05, 4.69) is 6.58 Å². The van der Waals surface area contributed by atoms with Crippen molar-refractivity contribution in [1.29, 1.82) is 0 Å². The average Bonchev–Trinajstić information content (AvgIpc) is 3.32. The third-order valence-electron chi connectivity index (χ3n) is 11.3. The standard InChI is InChI=1S/C33H42O6.C30H38O7/c1-12-33(10,11)25-19-23(27(37-21(2)3)20-28(25)39-30(36)32(7,8)9)15-18-26(34)22-13-16-24(17-14-22)38-29(35)31(4,5)6;1-10-11-20-18-21(24(34-8)26(35-9)25(20)37-28(33)30(5,6)7)14-17-23(31)19-12-15-22(16-13-19)36-27(32)29(2,3)4/h12-21H,1H2,2-11H3;12-18H,10-11H2,1-9H3. The van der Waals surface area contributed by atoms with Crippen LogP contribution in [0.25, 0.3) is 12.2 Å². The number of hydrogen-bond acceptors (Lipinski definition) is 13. The first-order chi connectivity index (χ1) is 35.1. The second-order valence-corrected chi connectivity index (χ2v) is 23.3. The molecule has 4 aromatic carbocycles. The Hall–Kier alpha value is -7.28. The van der Waals surface area contributed by atoms with Crippen LogP contribution in [0.4, 0.5) is 0 Å². The Kier molecular flexibility index (Phi) is 21.5. The van der Waals surface area contributed by atoms with Crippen molar-refractivity contribution in [3.63, 3.8) is 0 Å². The van der Waals surface area contributed by atoms with E-state index in [4.69, 9.17) is 33.2 Å². The summed E-state index contributed by atoms with van der Waals surface area (Å²) >= 11 is 0. The van der Waals surface area contributed by atoms with Gasteiger partial charge in [-0.15, -0.1) is 6.58 Å². The summed E-state index contributed by atoms with van der Waals surface area (Å²) in [5.41, 5.74) is 0.470. The fourth-order valence-corrected chi connectivity index (χ4v) is 6.46. The van der Waals surface area contributed by atoms with Gasteiger partial charge in [0.2, 0.25) is 5.75 Å². The van der Waals surface area contributed by atoms with Crippen LogP contribution >= 0.6 is 0 Å². The van der Waals surface area contributed by atoms with Crippen molar-refractivity contribution in [2.75, 3.05) is 14.2 Å². The quantitative estimate of drug-likeness (QED) is 0.0304. The minimum absolute atomic E-state index is 0.152. The monoisotopic (exact) mass is 1040 g/mol. The van der Waals surface area contributed by atoms with Gasteiger partial charge in [0.05, 0.1) is 42.0 Å². The number of aryl methyl sites for hydroxylation is 1. The van der Waals surface area contributed by atoms with Crippen molar-refractivity contribution in [2.45, 2.75) is 142 Å². The number of allylic oxidation sites excluding steroid dienone is 3. The van der Waals surface area contributed by atoms with E-state index >= 15 is 0 Å². The van der Waals surface area contributed by atoms with E-state index in [1.165, 1.54) is 26.4 Å². The molecule has 0 saturated carbocycles. The van der Waals surface area contributed by atoms with Crippen LogP contribution in [0.15, 0.2) is 91.5 Å². The molecule has 0 radical (unpaired) electrons. The minimum atomic E-state index is -0.701. The molecule has 0 spiro atoms. The van der Waals surface area contributed by atoms with E-state index in [9.17, 15) is 28.8 Å². The van der Waals surface area contributed by atoms with Crippen molar-refractivity contribution in [3.8, 4) is 40.2 Å². The zero-order valence-corrected chi connectivity index (χ0v) is 48.2. The van der Waals surface area contributed by atoms with E-state index in [-0.39, 0.29) is 41.5 Å². The summed E-state index contributed by atoms with van der Waals surface area (Å²) < 4.78 is 39.6. The Balaban J connectivity index is 0.000000401. The maximum absolute atomic E-state index is 13.0. The van der Waals surface area contributed by atoms with Gasteiger partial charge in [-0.2, -0.15) is 0 Å². The number of hydrogen-bond donors (Lipinski definition) is 0. The van der Waals surface area contributed by atoms with Crippen LogP contribution in [0.5, 0.6) is 40.2 Å². The molecule has 0 amide bonds. The lowest BCUT2D eigenvalue weighted by molar-refractivity contribution is -0.143. The first-order valence-corrected chi connectivity index (χ1v) is 25.4. The van der Waals surface area contributed by atoms with Crippen LogP contribution in [-0.2, 0) is 31.0 Å². The number of benzene rings is 4. The van der Waals surface area contributed by atoms with Gasteiger partial charge < -0.3 is 33.2 Å². The predicted octanol–water partition coefficient (Wildman–Crippen LogP) is 14.2. The van der Waals surface area contributed by atoms with Gasteiger partial charge in [0, 0.05) is 39.3 Å². The maximum Gasteiger partial charge on any atom is 0.316 e. The smallest absolute Gasteiger partial charge is 0.316 e. The summed E-state index contributed by atoms with van der Waals surface area (Å²) in [7, 11) is 2.97. The Morgan fingerprint density at radius 1 is 0.513 bits per heavy atom. The first-order valence-electron chi connectivity index (χ1n) is 25.4. The minimum Gasteiger partial charge on any atom is -0.492 e. The zero-order valence-electron chi connectivity index (χ0n) is 48.2. The third kappa shape index (κ3) is 17.9. The van der Waals surface area contributed by atoms with Crippen molar-refractivity contribution >= 4 is 47.6 Å². The first kappa shape index (κ1) is 63.0. The van der Waals surface area contributed by atoms with Crippen LogP contribution in [0, 0.1) is 21.7 Å². The number of methoxy groups -OCH3 is 2. The van der Waals surface area contributed by atoms with E-state index in [0.717, 1.165) is 17.5 Å². The number of esters is 4. The van der Waals surface area contributed by atoms with Gasteiger partial charge in [-0.25, -0.2) is 0 Å². The van der Waals surface area contributed by atoms with Crippen molar-refractivity contribution < 1.29 is 61.9 Å². The lowest BCUT2D eigenvalue weighted by Gasteiger charge is -2.27. The number of carbonyl (C=O) groups is 6. The summed E-state index contributed by atoms with van der Waals surface area (Å²) in [6.07, 6.45) is 9.30. The molecule has 76 heavy (non-hydrogen) atoms.